The molecule has 0 saturated heterocycles. The van der Waals surface area contributed by atoms with Gasteiger partial charge in [0.2, 0.25) is 5.91 Å². The van der Waals surface area contributed by atoms with Gasteiger partial charge in [-0.15, -0.1) is 0 Å². The van der Waals surface area contributed by atoms with Crippen LogP contribution in [0.2, 0.25) is 0 Å². The quantitative estimate of drug-likeness (QED) is 0.932. The smallest absolute Gasteiger partial charge is 0.352 e. The molecule has 0 atom stereocenters. The number of rotatable bonds is 3. The molecule has 23 heavy (non-hydrogen) atoms. The summed E-state index contributed by atoms with van der Waals surface area (Å²) in [6.45, 7) is 5.83. The zero-order valence-electron chi connectivity index (χ0n) is 13.1. The average molecular weight is 327 g/mol. The third kappa shape index (κ3) is 4.34. The van der Waals surface area contributed by atoms with Gasteiger partial charge in [-0.05, 0) is 23.8 Å². The Bertz CT molecular complexity index is 688. The van der Waals surface area contributed by atoms with Crippen molar-refractivity contribution in [1.82, 2.24) is 15.1 Å². The summed E-state index contributed by atoms with van der Waals surface area (Å²) in [6, 6.07) is 7.73. The van der Waals surface area contributed by atoms with Crippen molar-refractivity contribution < 1.29 is 19.4 Å². The van der Waals surface area contributed by atoms with Crippen LogP contribution in [0.4, 0.5) is 13.2 Å². The first kappa shape index (κ1) is 17.1. The van der Waals surface area contributed by atoms with Gasteiger partial charge in [0, 0.05) is 19.6 Å². The van der Waals surface area contributed by atoms with E-state index >= 15 is 0 Å². The van der Waals surface area contributed by atoms with Crippen molar-refractivity contribution >= 4 is 5.91 Å². The Morgan fingerprint density at radius 1 is 1.17 bits per heavy atom. The molecule has 7 heteroatoms. The van der Waals surface area contributed by atoms with Gasteiger partial charge in [0.25, 0.3) is 0 Å². The SMILES string of the molecule is CC(C)(C)C(=O)NCc1ccc(-n2ccc(C(F)(F)F)n2)cc1.[HH]. The lowest BCUT2D eigenvalue weighted by atomic mass is 9.95. The molecule has 126 valence electrons. The maximum atomic E-state index is 12.5. The van der Waals surface area contributed by atoms with Gasteiger partial charge < -0.3 is 5.32 Å². The van der Waals surface area contributed by atoms with Gasteiger partial charge in [-0.25, -0.2) is 4.68 Å². The Morgan fingerprint density at radius 2 is 1.78 bits per heavy atom. The van der Waals surface area contributed by atoms with Crippen LogP contribution in [-0.4, -0.2) is 15.7 Å². The molecule has 0 aliphatic heterocycles. The summed E-state index contributed by atoms with van der Waals surface area (Å²) in [5.74, 6) is -0.0662. The fourth-order valence-corrected chi connectivity index (χ4v) is 1.83. The fraction of sp³-hybridized carbons (Fsp3) is 0.375. The van der Waals surface area contributed by atoms with Gasteiger partial charge in [0.15, 0.2) is 5.69 Å². The summed E-state index contributed by atoms with van der Waals surface area (Å²) >= 11 is 0. The second-order valence-corrected chi connectivity index (χ2v) is 6.24. The third-order valence-electron chi connectivity index (χ3n) is 3.21. The summed E-state index contributed by atoms with van der Waals surface area (Å²) in [7, 11) is 0. The number of amides is 1. The van der Waals surface area contributed by atoms with Crippen molar-refractivity contribution in [2.75, 3.05) is 0 Å². The molecule has 1 aromatic heterocycles. The van der Waals surface area contributed by atoms with Crippen LogP contribution in [0.1, 0.15) is 33.5 Å². The number of aromatic nitrogens is 2. The zero-order chi connectivity index (χ0) is 17.3. The van der Waals surface area contributed by atoms with Gasteiger partial charge >= 0.3 is 6.18 Å². The lowest BCUT2D eigenvalue weighted by Crippen LogP contribution is -2.34. The highest BCUT2D eigenvalue weighted by atomic mass is 19.4. The molecular weight excluding hydrogens is 307 g/mol. The molecule has 0 bridgehead atoms. The van der Waals surface area contributed by atoms with Crippen molar-refractivity contribution in [3.63, 3.8) is 0 Å². The van der Waals surface area contributed by atoms with E-state index in [2.05, 4.69) is 10.4 Å². The minimum atomic E-state index is -4.46. The van der Waals surface area contributed by atoms with Gasteiger partial charge in [-0.2, -0.15) is 18.3 Å². The molecule has 1 N–H and O–H groups in total. The van der Waals surface area contributed by atoms with Crippen molar-refractivity contribution in [1.29, 1.82) is 0 Å². The first-order valence-corrected chi connectivity index (χ1v) is 7.08. The largest absolute Gasteiger partial charge is 0.435 e. The summed E-state index contributed by atoms with van der Waals surface area (Å²) in [6.07, 6.45) is -3.19. The molecule has 0 aliphatic carbocycles. The topological polar surface area (TPSA) is 46.9 Å². The number of alkyl halides is 3. The van der Waals surface area contributed by atoms with Crippen LogP contribution in [0.15, 0.2) is 36.5 Å². The molecule has 0 fully saturated rings. The summed E-state index contributed by atoms with van der Waals surface area (Å²) in [5, 5.41) is 6.32. The summed E-state index contributed by atoms with van der Waals surface area (Å²) < 4.78 is 38.8. The van der Waals surface area contributed by atoms with Gasteiger partial charge in [0.1, 0.15) is 0 Å². The van der Waals surface area contributed by atoms with Crippen LogP contribution >= 0.6 is 0 Å². The van der Waals surface area contributed by atoms with E-state index in [9.17, 15) is 18.0 Å². The molecule has 1 amide bonds. The van der Waals surface area contributed by atoms with E-state index in [1.165, 1.54) is 10.9 Å². The normalized spacial score (nSPS) is 12.3. The van der Waals surface area contributed by atoms with Crippen LogP contribution in [0, 0.1) is 5.41 Å². The van der Waals surface area contributed by atoms with Crippen molar-refractivity contribution in [2.45, 2.75) is 33.5 Å². The molecule has 0 saturated carbocycles. The fourth-order valence-electron chi connectivity index (χ4n) is 1.83. The maximum Gasteiger partial charge on any atom is 0.435 e. The lowest BCUT2D eigenvalue weighted by Gasteiger charge is -2.17. The second-order valence-electron chi connectivity index (χ2n) is 6.24. The van der Waals surface area contributed by atoms with E-state index in [1.54, 1.807) is 24.3 Å². The van der Waals surface area contributed by atoms with E-state index < -0.39 is 17.3 Å². The summed E-state index contributed by atoms with van der Waals surface area (Å²) in [5.41, 5.74) is -0.0248. The highest BCUT2D eigenvalue weighted by Gasteiger charge is 2.33. The monoisotopic (exact) mass is 327 g/mol. The Morgan fingerprint density at radius 3 is 2.26 bits per heavy atom. The number of benzene rings is 1. The Labute approximate surface area is 133 Å². The third-order valence-corrected chi connectivity index (χ3v) is 3.21. The van der Waals surface area contributed by atoms with E-state index in [1.807, 2.05) is 20.8 Å². The number of nitrogens with one attached hydrogen (secondary N) is 1. The molecule has 1 heterocycles. The number of hydrogen-bond donors (Lipinski definition) is 1. The lowest BCUT2D eigenvalue weighted by molar-refractivity contribution is -0.141. The molecule has 2 aromatic rings. The van der Waals surface area contributed by atoms with Crippen LogP contribution in [0.25, 0.3) is 5.69 Å². The molecule has 1 aromatic carbocycles. The Kier molecular flexibility index (Phi) is 4.49. The zero-order valence-corrected chi connectivity index (χ0v) is 13.1. The Hall–Kier alpha value is -2.31. The highest BCUT2D eigenvalue weighted by molar-refractivity contribution is 5.81. The first-order chi connectivity index (χ1) is 10.6. The average Bonchev–Trinajstić information content (AvgIpc) is 2.94. The number of carbonyl (C=O) groups is 1. The van der Waals surface area contributed by atoms with Crippen LogP contribution < -0.4 is 5.32 Å². The molecule has 0 radical (unpaired) electrons. The molecule has 0 unspecified atom stereocenters. The minimum absolute atomic E-state index is 0. The van der Waals surface area contributed by atoms with Crippen LogP contribution in [-0.2, 0) is 17.5 Å². The van der Waals surface area contributed by atoms with E-state index in [0.29, 0.717) is 12.2 Å². The van der Waals surface area contributed by atoms with E-state index in [4.69, 9.17) is 0 Å². The van der Waals surface area contributed by atoms with Crippen molar-refractivity contribution in [2.24, 2.45) is 5.41 Å². The van der Waals surface area contributed by atoms with Crippen LogP contribution in [0.3, 0.4) is 0 Å². The number of hydrogen-bond acceptors (Lipinski definition) is 2. The molecule has 2 rings (SSSR count). The predicted molar refractivity (Wildman–Crippen MR) is 82.0 cm³/mol. The molecule has 0 spiro atoms. The predicted octanol–water partition coefficient (Wildman–Crippen LogP) is 3.80. The van der Waals surface area contributed by atoms with Crippen LogP contribution in [0.5, 0.6) is 0 Å². The standard InChI is InChI=1S/C16H18F3N3O.H2/c1-15(2,3)14(23)20-10-11-4-6-12(7-5-11)22-9-8-13(21-22)16(17,18)19;/h4-9H,10H2,1-3H3,(H,20,23);1H. The number of carbonyl (C=O) groups excluding carboxylic acids is 1. The summed E-state index contributed by atoms with van der Waals surface area (Å²) in [4.78, 5) is 11.8. The maximum absolute atomic E-state index is 12.5. The number of halogens is 3. The Balaban J connectivity index is 0.00000288. The highest BCUT2D eigenvalue weighted by Crippen LogP contribution is 2.27. The second kappa shape index (κ2) is 6.06. The van der Waals surface area contributed by atoms with Gasteiger partial charge in [0.05, 0.1) is 5.69 Å². The molecular formula is C16H20F3N3O. The van der Waals surface area contributed by atoms with Gasteiger partial charge in [-0.1, -0.05) is 32.9 Å². The first-order valence-electron chi connectivity index (χ1n) is 7.08. The van der Waals surface area contributed by atoms with E-state index in [-0.39, 0.29) is 7.33 Å². The number of nitrogens with zero attached hydrogens (tertiary/aromatic N) is 2. The van der Waals surface area contributed by atoms with Gasteiger partial charge in [-0.3, -0.25) is 4.79 Å². The van der Waals surface area contributed by atoms with Crippen molar-refractivity contribution in [3.8, 4) is 5.69 Å². The molecule has 0 aliphatic rings. The minimum Gasteiger partial charge on any atom is -0.352 e. The van der Waals surface area contributed by atoms with E-state index in [0.717, 1.165) is 11.6 Å². The van der Waals surface area contributed by atoms with Crippen molar-refractivity contribution in [3.05, 3.63) is 47.8 Å². The molecule has 4 nitrogen and oxygen atoms in total.